The van der Waals surface area contributed by atoms with E-state index in [0.29, 0.717) is 24.0 Å². The van der Waals surface area contributed by atoms with Crippen molar-refractivity contribution in [2.75, 3.05) is 0 Å². The van der Waals surface area contributed by atoms with Crippen LogP contribution in [0.25, 0.3) is 10.8 Å². The first-order chi connectivity index (χ1) is 17.0. The van der Waals surface area contributed by atoms with Crippen LogP contribution >= 0.6 is 0 Å². The van der Waals surface area contributed by atoms with Crippen LogP contribution in [0.5, 0.6) is 0 Å². The molecule has 0 aliphatic heterocycles. The van der Waals surface area contributed by atoms with Gasteiger partial charge in [0.1, 0.15) is 9.79 Å². The van der Waals surface area contributed by atoms with E-state index in [2.05, 4.69) is 0 Å². The van der Waals surface area contributed by atoms with Crippen LogP contribution in [0, 0.1) is 0 Å². The number of hydrogen-bond acceptors (Lipinski definition) is 6. The maximum atomic E-state index is 12.0. The smallest absolute Gasteiger partial charge is 0.303 e. The third-order valence-corrected chi connectivity index (χ3v) is 7.00. The Morgan fingerprint density at radius 2 is 0.895 bits per heavy atom. The topological polar surface area (TPSA) is 183 Å². The first-order valence-electron chi connectivity index (χ1n) is 12.0. The SMILES string of the molecule is CC(C)(C)c1cc(S(=O)(=O)O)c2cc(C(C)(C)C)cc(S(=O)(=O)O)c2c1.CCCC(=O)O.CCCC(=O)O. The predicted octanol–water partition coefficient (Wildman–Crippen LogP) is 5.67. The van der Waals surface area contributed by atoms with Gasteiger partial charge in [0.25, 0.3) is 20.2 Å². The van der Waals surface area contributed by atoms with Crippen LogP contribution < -0.4 is 0 Å². The van der Waals surface area contributed by atoms with E-state index in [-0.39, 0.29) is 20.6 Å². The minimum absolute atomic E-state index is 0.0561. The standard InChI is InChI=1S/C18H24O6S2.2C4H8O2/c1-17(2,3)11-7-13-14(15(9-11)25(19,20)21)8-12(18(4,5)6)10-16(13)26(22,23)24;2*1-2-3-4(5)6/h7-10H,1-6H3,(H,19,20,21)(H,22,23,24);2*2-3H2,1H3,(H,5,6). The zero-order chi connectivity index (χ0) is 30.3. The minimum Gasteiger partial charge on any atom is -0.481 e. The van der Waals surface area contributed by atoms with Crippen molar-refractivity contribution in [3.05, 3.63) is 35.4 Å². The second-order valence-corrected chi connectivity index (χ2v) is 13.6. The molecule has 10 nitrogen and oxygen atoms in total. The average Bonchev–Trinajstić information content (AvgIpc) is 2.70. The van der Waals surface area contributed by atoms with E-state index >= 15 is 0 Å². The molecule has 2 aromatic rings. The highest BCUT2D eigenvalue weighted by Gasteiger charge is 2.27. The summed E-state index contributed by atoms with van der Waals surface area (Å²) < 4.78 is 67.4. The Bertz CT molecular complexity index is 1240. The number of hydrogen-bond donors (Lipinski definition) is 4. The predicted molar refractivity (Wildman–Crippen MR) is 146 cm³/mol. The molecule has 0 unspecified atom stereocenters. The van der Waals surface area contributed by atoms with Crippen LogP contribution in [0.2, 0.25) is 0 Å². The molecule has 0 heterocycles. The van der Waals surface area contributed by atoms with E-state index in [0.717, 1.165) is 12.8 Å². The van der Waals surface area contributed by atoms with Crippen LogP contribution in [0.3, 0.4) is 0 Å². The molecule has 38 heavy (non-hydrogen) atoms. The van der Waals surface area contributed by atoms with Crippen LogP contribution in [0.15, 0.2) is 34.1 Å². The molecule has 0 aliphatic carbocycles. The zero-order valence-corrected chi connectivity index (χ0v) is 24.8. The van der Waals surface area contributed by atoms with Gasteiger partial charge in [0.05, 0.1) is 0 Å². The van der Waals surface area contributed by atoms with Gasteiger partial charge in [0.15, 0.2) is 0 Å². The van der Waals surface area contributed by atoms with Gasteiger partial charge in [-0.05, 0) is 59.1 Å². The Hall–Kier alpha value is -2.54. The summed E-state index contributed by atoms with van der Waals surface area (Å²) in [6.07, 6.45) is 2.05. The van der Waals surface area contributed by atoms with Crippen LogP contribution in [-0.4, -0.2) is 48.1 Å². The number of aliphatic carboxylic acids is 2. The third-order valence-electron chi connectivity index (χ3n) is 5.21. The number of carbonyl (C=O) groups is 2. The van der Waals surface area contributed by atoms with Crippen LogP contribution in [0.1, 0.15) is 92.2 Å². The van der Waals surface area contributed by atoms with Gasteiger partial charge in [-0.25, -0.2) is 0 Å². The lowest BCUT2D eigenvalue weighted by molar-refractivity contribution is -0.138. The van der Waals surface area contributed by atoms with Crippen molar-refractivity contribution in [1.29, 1.82) is 0 Å². The molecule has 0 bridgehead atoms. The average molecular weight is 577 g/mol. The summed E-state index contributed by atoms with van der Waals surface area (Å²) in [5.74, 6) is -1.42. The van der Waals surface area contributed by atoms with Gasteiger partial charge in [0, 0.05) is 23.6 Å². The van der Waals surface area contributed by atoms with Gasteiger partial charge < -0.3 is 10.2 Å². The molecule has 0 atom stereocenters. The molecule has 0 aliphatic rings. The lowest BCUT2D eigenvalue weighted by Crippen LogP contribution is -2.16. The normalized spacial score (nSPS) is 12.2. The lowest BCUT2D eigenvalue weighted by atomic mass is 9.83. The molecule has 4 N–H and O–H groups in total. The number of rotatable bonds is 6. The fourth-order valence-corrected chi connectivity index (χ4v) is 4.56. The van der Waals surface area contributed by atoms with E-state index in [9.17, 15) is 35.5 Å². The van der Waals surface area contributed by atoms with Crippen molar-refractivity contribution in [3.63, 3.8) is 0 Å². The lowest BCUT2D eigenvalue weighted by Gasteiger charge is -2.24. The summed E-state index contributed by atoms with van der Waals surface area (Å²) in [6.45, 7) is 14.7. The molecule has 0 fully saturated rings. The first-order valence-corrected chi connectivity index (χ1v) is 14.9. The van der Waals surface area contributed by atoms with Gasteiger partial charge >= 0.3 is 11.9 Å². The van der Waals surface area contributed by atoms with Crippen molar-refractivity contribution >= 4 is 42.9 Å². The monoisotopic (exact) mass is 576 g/mol. The fraction of sp³-hybridized carbons (Fsp3) is 0.538. The number of benzene rings is 2. The number of carboxylic acids is 2. The summed E-state index contributed by atoms with van der Waals surface area (Å²) in [5.41, 5.74) is 0.0247. The van der Waals surface area contributed by atoms with Gasteiger partial charge in [-0.3, -0.25) is 18.7 Å². The largest absolute Gasteiger partial charge is 0.481 e. The molecule has 0 saturated heterocycles. The van der Waals surface area contributed by atoms with E-state index in [1.807, 2.05) is 55.4 Å². The summed E-state index contributed by atoms with van der Waals surface area (Å²) in [4.78, 5) is 18.4. The second-order valence-electron chi connectivity index (χ2n) is 10.8. The molecule has 0 amide bonds. The van der Waals surface area contributed by atoms with Crippen molar-refractivity contribution in [2.45, 2.75) is 102 Å². The molecule has 0 saturated carbocycles. The highest BCUT2D eigenvalue weighted by atomic mass is 32.2. The summed E-state index contributed by atoms with van der Waals surface area (Å²) in [6, 6.07) is 5.77. The van der Waals surface area contributed by atoms with E-state index < -0.39 is 43.0 Å². The maximum Gasteiger partial charge on any atom is 0.303 e. The minimum atomic E-state index is -4.61. The van der Waals surface area contributed by atoms with Gasteiger partial charge in [0.2, 0.25) is 0 Å². The quantitative estimate of drug-likeness (QED) is 0.312. The van der Waals surface area contributed by atoms with Crippen molar-refractivity contribution in [1.82, 2.24) is 0 Å². The molecule has 2 aromatic carbocycles. The zero-order valence-electron chi connectivity index (χ0n) is 23.2. The molecule has 2 rings (SSSR count). The molecule has 0 aromatic heterocycles. The molecule has 0 spiro atoms. The van der Waals surface area contributed by atoms with Crippen molar-refractivity contribution < 1.29 is 45.7 Å². The third kappa shape index (κ3) is 11.5. The Morgan fingerprint density at radius 3 is 1.03 bits per heavy atom. The van der Waals surface area contributed by atoms with Crippen molar-refractivity contribution in [2.24, 2.45) is 0 Å². The highest BCUT2D eigenvalue weighted by Crippen LogP contribution is 2.37. The maximum absolute atomic E-state index is 12.0. The Labute approximate surface area is 225 Å². The van der Waals surface area contributed by atoms with Crippen LogP contribution in [0.4, 0.5) is 0 Å². The molecule has 12 heteroatoms. The molecular formula is C26H40O10S2. The Morgan fingerprint density at radius 1 is 0.632 bits per heavy atom. The van der Waals surface area contributed by atoms with E-state index in [4.69, 9.17) is 10.2 Å². The van der Waals surface area contributed by atoms with E-state index in [1.165, 1.54) is 12.1 Å². The van der Waals surface area contributed by atoms with E-state index in [1.54, 1.807) is 12.1 Å². The summed E-state index contributed by atoms with van der Waals surface area (Å²) >= 11 is 0. The Kier molecular flexibility index (Phi) is 12.6. The molecular weight excluding hydrogens is 536 g/mol. The van der Waals surface area contributed by atoms with Gasteiger partial charge in [-0.15, -0.1) is 0 Å². The number of fused-ring (bicyclic) bond motifs is 1. The summed E-state index contributed by atoms with van der Waals surface area (Å²) in [5, 5.41) is 15.9. The Balaban J connectivity index is 0.000000948. The summed E-state index contributed by atoms with van der Waals surface area (Å²) in [7, 11) is -9.23. The van der Waals surface area contributed by atoms with Crippen molar-refractivity contribution in [3.8, 4) is 0 Å². The van der Waals surface area contributed by atoms with Crippen LogP contribution in [-0.2, 0) is 40.7 Å². The molecule has 216 valence electrons. The highest BCUT2D eigenvalue weighted by molar-refractivity contribution is 7.86. The van der Waals surface area contributed by atoms with Gasteiger partial charge in [-0.2, -0.15) is 16.8 Å². The molecule has 0 radical (unpaired) electrons. The first kappa shape index (κ1) is 35.5. The number of carboxylic acid groups (broad SMARTS) is 2. The fourth-order valence-electron chi connectivity index (χ4n) is 3.12. The second kappa shape index (κ2) is 13.5. The van der Waals surface area contributed by atoms with Gasteiger partial charge in [-0.1, -0.05) is 55.4 Å².